The fourth-order valence-corrected chi connectivity index (χ4v) is 3.59. The van der Waals surface area contributed by atoms with Gasteiger partial charge in [-0.15, -0.1) is 11.3 Å². The second-order valence-electron chi connectivity index (χ2n) is 5.58. The van der Waals surface area contributed by atoms with Crippen molar-refractivity contribution in [1.29, 1.82) is 0 Å². The van der Waals surface area contributed by atoms with Gasteiger partial charge in [-0.1, -0.05) is 11.8 Å². The molecule has 0 unspecified atom stereocenters. The maximum absolute atomic E-state index is 12.6. The van der Waals surface area contributed by atoms with Gasteiger partial charge in [-0.05, 0) is 51.5 Å². The topological polar surface area (TPSA) is 49.6 Å². The van der Waals surface area contributed by atoms with Crippen LogP contribution in [-0.2, 0) is 0 Å². The average molecular weight is 305 g/mol. The molecular weight excluding hydrogens is 282 g/mol. The van der Waals surface area contributed by atoms with E-state index in [0.717, 1.165) is 41.2 Å². The highest BCUT2D eigenvalue weighted by Crippen LogP contribution is 2.24. The maximum atomic E-state index is 12.6. The molecule has 2 N–H and O–H groups in total. The summed E-state index contributed by atoms with van der Waals surface area (Å²) in [6, 6.07) is 2.29. The van der Waals surface area contributed by atoms with Crippen LogP contribution in [0.25, 0.3) is 0 Å². The summed E-state index contributed by atoms with van der Waals surface area (Å²) in [6.45, 7) is 4.44. The first-order valence-corrected chi connectivity index (χ1v) is 8.09. The van der Waals surface area contributed by atoms with E-state index in [1.807, 2.05) is 24.9 Å². The van der Waals surface area contributed by atoms with Crippen LogP contribution in [0.5, 0.6) is 0 Å². The van der Waals surface area contributed by atoms with Gasteiger partial charge in [0.1, 0.15) is 0 Å². The van der Waals surface area contributed by atoms with Crippen LogP contribution < -0.4 is 5.73 Å². The van der Waals surface area contributed by atoms with Crippen molar-refractivity contribution in [3.05, 3.63) is 21.4 Å². The lowest BCUT2D eigenvalue weighted by Crippen LogP contribution is -2.44. The van der Waals surface area contributed by atoms with Gasteiger partial charge >= 0.3 is 0 Å². The molecule has 0 atom stereocenters. The Kier molecular flexibility index (Phi) is 5.40. The minimum absolute atomic E-state index is 0.110. The van der Waals surface area contributed by atoms with Gasteiger partial charge < -0.3 is 15.5 Å². The number of hydrogen-bond acceptors (Lipinski definition) is 4. The molecule has 1 aromatic heterocycles. The summed E-state index contributed by atoms with van der Waals surface area (Å²) in [5.74, 6) is 6.00. The second-order valence-corrected chi connectivity index (χ2v) is 6.63. The van der Waals surface area contributed by atoms with Gasteiger partial charge in [-0.2, -0.15) is 0 Å². The van der Waals surface area contributed by atoms with E-state index in [9.17, 15) is 4.79 Å². The van der Waals surface area contributed by atoms with E-state index < -0.39 is 0 Å². The molecule has 1 saturated heterocycles. The predicted molar refractivity (Wildman–Crippen MR) is 87.6 cm³/mol. The predicted octanol–water partition coefficient (Wildman–Crippen LogP) is 1.53. The summed E-state index contributed by atoms with van der Waals surface area (Å²) in [7, 11) is 4.04. The summed E-state index contributed by atoms with van der Waals surface area (Å²) >= 11 is 1.47. The third-order valence-corrected chi connectivity index (χ3v) is 5.13. The lowest BCUT2D eigenvalue weighted by atomic mass is 10.0. The Hall–Kier alpha value is -1.35. The summed E-state index contributed by atoms with van der Waals surface area (Å²) in [5, 5.41) is 0. The molecule has 0 saturated carbocycles. The number of nitrogens with zero attached hydrogens (tertiary/aromatic N) is 2. The normalized spacial score (nSPS) is 16.4. The van der Waals surface area contributed by atoms with Crippen molar-refractivity contribution >= 4 is 17.2 Å². The first-order valence-electron chi connectivity index (χ1n) is 7.28. The minimum atomic E-state index is 0.110. The summed E-state index contributed by atoms with van der Waals surface area (Å²) in [4.78, 5) is 18.5. The van der Waals surface area contributed by atoms with Crippen molar-refractivity contribution in [2.45, 2.75) is 25.8 Å². The molecule has 0 aromatic carbocycles. The number of nitrogens with two attached hydrogens (primary N) is 1. The highest BCUT2D eigenvalue weighted by molar-refractivity contribution is 7.14. The van der Waals surface area contributed by atoms with Crippen LogP contribution in [0.4, 0.5) is 0 Å². The number of hydrogen-bond donors (Lipinski definition) is 1. The molecule has 5 heteroatoms. The number of aryl methyl sites for hydroxylation is 1. The largest absolute Gasteiger partial charge is 0.338 e. The van der Waals surface area contributed by atoms with Gasteiger partial charge in [0.15, 0.2) is 0 Å². The monoisotopic (exact) mass is 305 g/mol. The average Bonchev–Trinajstić information content (AvgIpc) is 2.85. The Bertz CT molecular complexity index is 562. The van der Waals surface area contributed by atoms with Crippen LogP contribution in [0.3, 0.4) is 0 Å². The smallest absolute Gasteiger partial charge is 0.263 e. The van der Waals surface area contributed by atoms with Gasteiger partial charge in [-0.25, -0.2) is 0 Å². The van der Waals surface area contributed by atoms with Crippen molar-refractivity contribution in [3.63, 3.8) is 0 Å². The molecule has 2 heterocycles. The van der Waals surface area contributed by atoms with Gasteiger partial charge in [0, 0.05) is 13.1 Å². The number of carbonyl (C=O) groups excluding carboxylic acids is 1. The Morgan fingerprint density at radius 3 is 2.81 bits per heavy atom. The second kappa shape index (κ2) is 7.08. The SMILES string of the molecule is Cc1cc(C(=O)N(C)C2CCN(C)CC2)sc1C#CCN. The quantitative estimate of drug-likeness (QED) is 0.843. The minimum Gasteiger partial charge on any atom is -0.338 e. The highest BCUT2D eigenvalue weighted by Gasteiger charge is 2.25. The van der Waals surface area contributed by atoms with Gasteiger partial charge in [0.25, 0.3) is 5.91 Å². The number of carbonyl (C=O) groups is 1. The van der Waals surface area contributed by atoms with Crippen molar-refractivity contribution in [1.82, 2.24) is 9.80 Å². The summed E-state index contributed by atoms with van der Waals surface area (Å²) in [6.07, 6.45) is 2.09. The Balaban J connectivity index is 2.09. The van der Waals surface area contributed by atoms with E-state index in [0.29, 0.717) is 12.6 Å². The third-order valence-electron chi connectivity index (χ3n) is 3.99. The molecule has 1 amide bonds. The molecule has 1 aliphatic heterocycles. The van der Waals surface area contributed by atoms with Crippen molar-refractivity contribution in [3.8, 4) is 11.8 Å². The number of piperidine rings is 1. The molecule has 4 nitrogen and oxygen atoms in total. The number of rotatable bonds is 2. The number of thiophene rings is 1. The van der Waals surface area contributed by atoms with Crippen LogP contribution in [0.2, 0.25) is 0 Å². The van der Waals surface area contributed by atoms with E-state index in [-0.39, 0.29) is 5.91 Å². The molecule has 2 rings (SSSR count). The zero-order valence-corrected chi connectivity index (χ0v) is 13.8. The lowest BCUT2D eigenvalue weighted by molar-refractivity contribution is 0.0664. The maximum Gasteiger partial charge on any atom is 0.263 e. The van der Waals surface area contributed by atoms with Gasteiger partial charge in [-0.3, -0.25) is 4.79 Å². The Morgan fingerprint density at radius 2 is 2.19 bits per heavy atom. The molecule has 0 spiro atoms. The molecule has 1 aromatic rings. The van der Waals surface area contributed by atoms with E-state index >= 15 is 0 Å². The fourth-order valence-electron chi connectivity index (χ4n) is 2.56. The fraction of sp³-hybridized carbons (Fsp3) is 0.562. The zero-order chi connectivity index (χ0) is 15.4. The summed E-state index contributed by atoms with van der Waals surface area (Å²) < 4.78 is 0. The Labute approximate surface area is 130 Å². The van der Waals surface area contributed by atoms with Gasteiger partial charge in [0.2, 0.25) is 0 Å². The lowest BCUT2D eigenvalue weighted by Gasteiger charge is -2.34. The van der Waals surface area contributed by atoms with Crippen LogP contribution in [0.15, 0.2) is 6.07 Å². The number of amides is 1. The highest BCUT2D eigenvalue weighted by atomic mass is 32.1. The summed E-state index contributed by atoms with van der Waals surface area (Å²) in [5.41, 5.74) is 6.46. The molecule has 21 heavy (non-hydrogen) atoms. The van der Waals surface area contributed by atoms with Crippen LogP contribution in [0, 0.1) is 18.8 Å². The van der Waals surface area contributed by atoms with Crippen LogP contribution in [0.1, 0.15) is 33.0 Å². The molecule has 1 fully saturated rings. The van der Waals surface area contributed by atoms with Crippen molar-refractivity contribution in [2.75, 3.05) is 33.7 Å². The van der Waals surface area contributed by atoms with E-state index in [1.54, 1.807) is 0 Å². The van der Waals surface area contributed by atoms with Crippen molar-refractivity contribution in [2.24, 2.45) is 5.73 Å². The standard InChI is InChI=1S/C16H23N3OS/c1-12-11-15(21-14(12)5-4-8-17)16(20)19(3)13-6-9-18(2)10-7-13/h11,13H,6-10,17H2,1-3H3. The van der Waals surface area contributed by atoms with E-state index in [4.69, 9.17) is 5.73 Å². The molecule has 0 radical (unpaired) electrons. The molecule has 0 bridgehead atoms. The molecule has 1 aliphatic rings. The van der Waals surface area contributed by atoms with Gasteiger partial charge in [0.05, 0.1) is 16.3 Å². The van der Waals surface area contributed by atoms with Crippen molar-refractivity contribution < 1.29 is 4.79 Å². The third kappa shape index (κ3) is 3.85. The molecule has 114 valence electrons. The first kappa shape index (κ1) is 16.0. The first-order chi connectivity index (χ1) is 10.0. The Morgan fingerprint density at radius 1 is 1.52 bits per heavy atom. The molecule has 0 aliphatic carbocycles. The number of likely N-dealkylation sites (tertiary alicyclic amines) is 1. The van der Waals surface area contributed by atoms with E-state index in [1.165, 1.54) is 11.3 Å². The van der Waals surface area contributed by atoms with Crippen LogP contribution in [-0.4, -0.2) is 55.5 Å². The molecular formula is C16H23N3OS. The zero-order valence-electron chi connectivity index (χ0n) is 13.0. The van der Waals surface area contributed by atoms with Crippen LogP contribution >= 0.6 is 11.3 Å². The van der Waals surface area contributed by atoms with E-state index in [2.05, 4.69) is 23.8 Å².